The zero-order valence-corrected chi connectivity index (χ0v) is 11.5. The van der Waals surface area contributed by atoms with Crippen molar-refractivity contribution in [3.8, 4) is 22.8 Å². The van der Waals surface area contributed by atoms with Crippen LogP contribution < -0.4 is 9.47 Å². The van der Waals surface area contributed by atoms with Crippen LogP contribution in [-0.2, 0) is 0 Å². The van der Waals surface area contributed by atoms with Crippen molar-refractivity contribution < 1.29 is 19.4 Å². The van der Waals surface area contributed by atoms with Crippen molar-refractivity contribution in [2.45, 2.75) is 6.92 Å². The zero-order chi connectivity index (χ0) is 14.7. The lowest BCUT2D eigenvalue weighted by Crippen LogP contribution is -2.03. The monoisotopic (exact) mass is 273 g/mol. The fourth-order valence-corrected chi connectivity index (χ4v) is 1.96. The lowest BCUT2D eigenvalue weighted by Gasteiger charge is -2.11. The average Bonchev–Trinajstić information content (AvgIpc) is 2.46. The molecular formula is C15H15NO4. The van der Waals surface area contributed by atoms with Crippen molar-refractivity contribution in [1.29, 1.82) is 0 Å². The van der Waals surface area contributed by atoms with Crippen LogP contribution in [0.1, 0.15) is 15.9 Å². The van der Waals surface area contributed by atoms with Gasteiger partial charge in [0, 0.05) is 17.3 Å². The number of hydrogen-bond donors (Lipinski definition) is 1. The fourth-order valence-electron chi connectivity index (χ4n) is 1.96. The molecule has 0 aliphatic carbocycles. The second-order valence-electron chi connectivity index (χ2n) is 4.29. The van der Waals surface area contributed by atoms with Crippen LogP contribution >= 0.6 is 0 Å². The van der Waals surface area contributed by atoms with Gasteiger partial charge in [0.25, 0.3) is 0 Å². The molecule has 1 aromatic carbocycles. The number of benzene rings is 1. The van der Waals surface area contributed by atoms with Crippen LogP contribution in [0.5, 0.6) is 11.6 Å². The van der Waals surface area contributed by atoms with Gasteiger partial charge in [-0.05, 0) is 25.1 Å². The van der Waals surface area contributed by atoms with E-state index in [1.165, 1.54) is 13.2 Å². The highest BCUT2D eigenvalue weighted by molar-refractivity contribution is 5.92. The molecule has 0 saturated heterocycles. The van der Waals surface area contributed by atoms with Crippen molar-refractivity contribution in [2.24, 2.45) is 0 Å². The van der Waals surface area contributed by atoms with Crippen LogP contribution in [0.25, 0.3) is 11.1 Å². The number of pyridine rings is 1. The average molecular weight is 273 g/mol. The number of nitrogens with zero attached hydrogens (tertiary/aromatic N) is 1. The van der Waals surface area contributed by atoms with Gasteiger partial charge in [-0.3, -0.25) is 0 Å². The van der Waals surface area contributed by atoms with E-state index in [9.17, 15) is 9.90 Å². The number of hydrogen-bond acceptors (Lipinski definition) is 4. The van der Waals surface area contributed by atoms with Gasteiger partial charge in [0.1, 0.15) is 11.3 Å². The minimum atomic E-state index is -1.08. The van der Waals surface area contributed by atoms with E-state index < -0.39 is 5.97 Å². The number of ether oxygens (including phenoxy) is 2. The minimum Gasteiger partial charge on any atom is -0.496 e. The highest BCUT2D eigenvalue weighted by Gasteiger charge is 2.15. The first kappa shape index (κ1) is 13.9. The number of aromatic nitrogens is 1. The summed E-state index contributed by atoms with van der Waals surface area (Å²) in [4.78, 5) is 15.3. The molecule has 0 unspecified atom stereocenters. The molecule has 2 rings (SSSR count). The maximum atomic E-state index is 11.2. The Morgan fingerprint density at radius 1 is 1.20 bits per heavy atom. The first-order valence-corrected chi connectivity index (χ1v) is 5.99. The second kappa shape index (κ2) is 5.61. The second-order valence-corrected chi connectivity index (χ2v) is 4.29. The fraction of sp³-hybridized carbons (Fsp3) is 0.200. The molecule has 2 aromatic rings. The first-order valence-electron chi connectivity index (χ1n) is 5.99. The van der Waals surface area contributed by atoms with Gasteiger partial charge >= 0.3 is 5.97 Å². The molecule has 0 aliphatic heterocycles. The molecule has 0 spiro atoms. The van der Waals surface area contributed by atoms with Crippen LogP contribution in [0, 0.1) is 6.92 Å². The van der Waals surface area contributed by atoms with Gasteiger partial charge < -0.3 is 14.6 Å². The maximum Gasteiger partial charge on any atom is 0.341 e. The largest absolute Gasteiger partial charge is 0.496 e. The molecule has 1 heterocycles. The summed E-state index contributed by atoms with van der Waals surface area (Å²) in [7, 11) is 2.96. The van der Waals surface area contributed by atoms with Crippen molar-refractivity contribution in [3.63, 3.8) is 0 Å². The highest BCUT2D eigenvalue weighted by atomic mass is 16.5. The smallest absolute Gasteiger partial charge is 0.341 e. The molecule has 0 saturated carbocycles. The molecule has 1 aromatic heterocycles. The molecule has 1 N–H and O–H groups in total. The van der Waals surface area contributed by atoms with E-state index in [1.807, 2.05) is 25.1 Å². The van der Waals surface area contributed by atoms with E-state index in [-0.39, 0.29) is 11.4 Å². The van der Waals surface area contributed by atoms with Crippen LogP contribution in [-0.4, -0.2) is 30.3 Å². The summed E-state index contributed by atoms with van der Waals surface area (Å²) in [5.74, 6) is -0.324. The van der Waals surface area contributed by atoms with Crippen LogP contribution in [0.15, 0.2) is 30.5 Å². The van der Waals surface area contributed by atoms with Gasteiger partial charge in [0.2, 0.25) is 5.88 Å². The quantitative estimate of drug-likeness (QED) is 0.927. The van der Waals surface area contributed by atoms with Gasteiger partial charge in [-0.2, -0.15) is 0 Å². The Labute approximate surface area is 116 Å². The van der Waals surface area contributed by atoms with Crippen LogP contribution in [0.4, 0.5) is 0 Å². The summed E-state index contributed by atoms with van der Waals surface area (Å²) in [6.45, 7) is 1.96. The third-order valence-corrected chi connectivity index (χ3v) is 2.94. The third-order valence-electron chi connectivity index (χ3n) is 2.94. The van der Waals surface area contributed by atoms with Gasteiger partial charge in [-0.25, -0.2) is 9.78 Å². The molecule has 0 atom stereocenters. The SMILES string of the molecule is COc1ccc(C)cc1-c1cnc(OC)c(C(=O)O)c1. The van der Waals surface area contributed by atoms with Crippen molar-refractivity contribution in [1.82, 2.24) is 4.98 Å². The van der Waals surface area contributed by atoms with Crippen LogP contribution in [0.3, 0.4) is 0 Å². The number of aryl methyl sites for hydroxylation is 1. The Bertz CT molecular complexity index is 652. The Balaban J connectivity index is 2.61. The molecule has 0 fully saturated rings. The molecule has 104 valence electrons. The predicted molar refractivity (Wildman–Crippen MR) is 74.5 cm³/mol. The number of methoxy groups -OCH3 is 2. The molecule has 0 bridgehead atoms. The first-order chi connectivity index (χ1) is 9.56. The molecule has 0 amide bonds. The lowest BCUT2D eigenvalue weighted by molar-refractivity contribution is 0.0692. The van der Waals surface area contributed by atoms with E-state index in [4.69, 9.17) is 9.47 Å². The molecule has 5 heteroatoms. The van der Waals surface area contributed by atoms with Gasteiger partial charge in [-0.1, -0.05) is 11.6 Å². The summed E-state index contributed by atoms with van der Waals surface area (Å²) in [6, 6.07) is 7.23. The minimum absolute atomic E-state index is 0.0218. The highest BCUT2D eigenvalue weighted by Crippen LogP contribution is 2.32. The van der Waals surface area contributed by atoms with Gasteiger partial charge in [0.05, 0.1) is 14.2 Å². The summed E-state index contributed by atoms with van der Waals surface area (Å²) >= 11 is 0. The number of carboxylic acids is 1. The number of carbonyl (C=O) groups is 1. The molecule has 5 nitrogen and oxygen atoms in total. The normalized spacial score (nSPS) is 10.2. The Hall–Kier alpha value is -2.56. The van der Waals surface area contributed by atoms with E-state index in [0.29, 0.717) is 11.3 Å². The summed E-state index contributed by atoms with van der Waals surface area (Å²) in [5.41, 5.74) is 2.54. The topological polar surface area (TPSA) is 68.7 Å². The van der Waals surface area contributed by atoms with E-state index in [2.05, 4.69) is 4.98 Å². The van der Waals surface area contributed by atoms with E-state index >= 15 is 0 Å². The number of carboxylic acid groups (broad SMARTS) is 1. The van der Waals surface area contributed by atoms with Crippen molar-refractivity contribution >= 4 is 5.97 Å². The number of rotatable bonds is 4. The summed E-state index contributed by atoms with van der Waals surface area (Å²) in [6.07, 6.45) is 1.57. The Morgan fingerprint density at radius 3 is 2.55 bits per heavy atom. The Morgan fingerprint density at radius 2 is 1.95 bits per heavy atom. The molecule has 20 heavy (non-hydrogen) atoms. The predicted octanol–water partition coefficient (Wildman–Crippen LogP) is 2.77. The number of aromatic carboxylic acids is 1. The molecule has 0 radical (unpaired) electrons. The lowest BCUT2D eigenvalue weighted by atomic mass is 10.0. The third kappa shape index (κ3) is 2.56. The molecule has 0 aliphatic rings. The van der Waals surface area contributed by atoms with Crippen LogP contribution in [0.2, 0.25) is 0 Å². The summed E-state index contributed by atoms with van der Waals surface area (Å²) in [5, 5.41) is 9.20. The van der Waals surface area contributed by atoms with Crippen molar-refractivity contribution in [2.75, 3.05) is 14.2 Å². The Kier molecular flexibility index (Phi) is 3.89. The maximum absolute atomic E-state index is 11.2. The standard InChI is InChI=1S/C15H15NO4/c1-9-4-5-13(19-2)11(6-9)10-7-12(15(17)18)14(20-3)16-8-10/h4-8H,1-3H3,(H,17,18). The van der Waals surface area contributed by atoms with E-state index in [0.717, 1.165) is 11.1 Å². The zero-order valence-electron chi connectivity index (χ0n) is 11.5. The molecular weight excluding hydrogens is 258 g/mol. The van der Waals surface area contributed by atoms with Gasteiger partial charge in [0.15, 0.2) is 0 Å². The van der Waals surface area contributed by atoms with Crippen molar-refractivity contribution in [3.05, 3.63) is 41.6 Å². The summed E-state index contributed by atoms with van der Waals surface area (Å²) < 4.78 is 10.3. The van der Waals surface area contributed by atoms with E-state index in [1.54, 1.807) is 13.3 Å². The van der Waals surface area contributed by atoms with Gasteiger partial charge in [-0.15, -0.1) is 0 Å².